The minimum absolute atomic E-state index is 0.000630. The second-order valence-corrected chi connectivity index (χ2v) is 7.11. The number of nitrogens with zero attached hydrogens (tertiary/aromatic N) is 2. The van der Waals surface area contributed by atoms with E-state index in [9.17, 15) is 22.8 Å². The highest BCUT2D eigenvalue weighted by Gasteiger charge is 2.33. The molecule has 3 rings (SSSR count). The number of halogens is 3. The third kappa shape index (κ3) is 5.33. The van der Waals surface area contributed by atoms with Gasteiger partial charge in [0, 0.05) is 24.3 Å². The summed E-state index contributed by atoms with van der Waals surface area (Å²) >= 11 is 0. The average molecular weight is 437 g/mol. The number of carbonyl (C=O) groups excluding carboxylic acids is 2. The smallest absolute Gasteiger partial charge is 0.378 e. The van der Waals surface area contributed by atoms with Gasteiger partial charge in [-0.15, -0.1) is 0 Å². The lowest BCUT2D eigenvalue weighted by molar-refractivity contribution is -0.137. The third-order valence-corrected chi connectivity index (χ3v) is 5.00. The second-order valence-electron chi connectivity index (χ2n) is 7.11. The summed E-state index contributed by atoms with van der Waals surface area (Å²) in [4.78, 5) is 27.6. The molecule has 1 aliphatic heterocycles. The largest absolute Gasteiger partial charge is 0.416 e. The molecule has 0 unspecified atom stereocenters. The van der Waals surface area contributed by atoms with Crippen LogP contribution >= 0.6 is 0 Å². The van der Waals surface area contributed by atoms with E-state index in [1.807, 2.05) is 0 Å². The average Bonchev–Trinajstić information content (AvgIpc) is 2.77. The Balaban J connectivity index is 1.97. The molecule has 2 aromatic carbocycles. The molecule has 1 fully saturated rings. The lowest BCUT2D eigenvalue weighted by Crippen LogP contribution is -2.48. The number of aryl methyl sites for hydroxylation is 1. The number of urea groups is 1. The molecule has 2 aromatic rings. The van der Waals surface area contributed by atoms with Crippen LogP contribution in [0.1, 0.15) is 27.0 Å². The molecule has 1 saturated heterocycles. The summed E-state index contributed by atoms with van der Waals surface area (Å²) in [6.07, 6.45) is -4.55. The summed E-state index contributed by atoms with van der Waals surface area (Å²) in [6, 6.07) is 8.93. The number of carbonyl (C=O) groups is 2. The molecule has 2 N–H and O–H groups in total. The third-order valence-electron chi connectivity index (χ3n) is 5.00. The number of amides is 3. The molecule has 0 aromatic heterocycles. The number of anilines is 1. The van der Waals surface area contributed by atoms with Gasteiger partial charge in [-0.3, -0.25) is 14.9 Å². The van der Waals surface area contributed by atoms with Gasteiger partial charge in [-0.25, -0.2) is 10.3 Å². The lowest BCUT2D eigenvalue weighted by Gasteiger charge is -2.34. The predicted molar refractivity (Wildman–Crippen MR) is 106 cm³/mol. The van der Waals surface area contributed by atoms with E-state index in [1.54, 1.807) is 19.1 Å². The Labute approximate surface area is 177 Å². The van der Waals surface area contributed by atoms with Crippen LogP contribution in [0, 0.1) is 6.92 Å². The molecule has 3 amide bonds. The molecule has 0 atom stereocenters. The van der Waals surface area contributed by atoms with Gasteiger partial charge in [-0.2, -0.15) is 13.2 Å². The number of hydroxylamine groups is 1. The van der Waals surface area contributed by atoms with E-state index in [2.05, 4.69) is 0 Å². The van der Waals surface area contributed by atoms with Crippen molar-refractivity contribution in [2.24, 2.45) is 0 Å². The van der Waals surface area contributed by atoms with Crippen molar-refractivity contribution in [2.75, 3.05) is 31.2 Å². The van der Waals surface area contributed by atoms with Gasteiger partial charge in [-0.05, 0) is 42.3 Å². The zero-order chi connectivity index (χ0) is 22.6. The van der Waals surface area contributed by atoms with E-state index < -0.39 is 23.7 Å². The first-order chi connectivity index (χ1) is 14.7. The molecule has 31 heavy (non-hydrogen) atoms. The first-order valence-electron chi connectivity index (χ1n) is 9.56. The zero-order valence-corrected chi connectivity index (χ0v) is 16.8. The Hall–Kier alpha value is -3.11. The molecule has 0 aliphatic carbocycles. The van der Waals surface area contributed by atoms with Crippen molar-refractivity contribution in [2.45, 2.75) is 19.6 Å². The molecule has 0 bridgehead atoms. The SMILES string of the molecule is Cc1ccc(C(F)(F)F)cc1N(Cc1ccc(C(=O)NO)cc1)C(=O)N1CCOCC1. The fourth-order valence-electron chi connectivity index (χ4n) is 3.27. The maximum Gasteiger partial charge on any atom is 0.416 e. The predicted octanol–water partition coefficient (Wildman–Crippen LogP) is 3.59. The number of hydrogen-bond acceptors (Lipinski definition) is 4. The summed E-state index contributed by atoms with van der Waals surface area (Å²) in [6.45, 7) is 3.02. The van der Waals surface area contributed by atoms with Crippen molar-refractivity contribution in [3.05, 3.63) is 64.7 Å². The van der Waals surface area contributed by atoms with Crippen molar-refractivity contribution >= 4 is 17.6 Å². The van der Waals surface area contributed by atoms with Crippen LogP contribution in [0.25, 0.3) is 0 Å². The zero-order valence-electron chi connectivity index (χ0n) is 16.8. The monoisotopic (exact) mass is 437 g/mol. The van der Waals surface area contributed by atoms with Crippen LogP contribution in [-0.2, 0) is 17.5 Å². The highest BCUT2D eigenvalue weighted by Crippen LogP contribution is 2.34. The van der Waals surface area contributed by atoms with Crippen molar-refractivity contribution in [3.63, 3.8) is 0 Å². The van der Waals surface area contributed by atoms with E-state index in [0.29, 0.717) is 37.4 Å². The number of rotatable bonds is 4. The van der Waals surface area contributed by atoms with Crippen LogP contribution < -0.4 is 10.4 Å². The Morgan fingerprint density at radius 1 is 1.13 bits per heavy atom. The van der Waals surface area contributed by atoms with E-state index in [0.717, 1.165) is 12.1 Å². The molecular formula is C21H22F3N3O4. The van der Waals surface area contributed by atoms with Crippen LogP contribution in [0.15, 0.2) is 42.5 Å². The number of ether oxygens (including phenoxy) is 1. The van der Waals surface area contributed by atoms with Crippen molar-refractivity contribution in [1.29, 1.82) is 0 Å². The Morgan fingerprint density at radius 3 is 2.35 bits per heavy atom. The summed E-state index contributed by atoms with van der Waals surface area (Å²) in [5.41, 5.74) is 2.16. The fraction of sp³-hybridized carbons (Fsp3) is 0.333. The quantitative estimate of drug-likeness (QED) is 0.566. The van der Waals surface area contributed by atoms with Gasteiger partial charge in [0.2, 0.25) is 0 Å². The van der Waals surface area contributed by atoms with Gasteiger partial charge in [0.05, 0.1) is 25.3 Å². The molecular weight excluding hydrogens is 415 g/mol. The van der Waals surface area contributed by atoms with Crippen LogP contribution in [-0.4, -0.2) is 48.3 Å². The number of morpholine rings is 1. The van der Waals surface area contributed by atoms with Gasteiger partial charge in [0.15, 0.2) is 0 Å². The topological polar surface area (TPSA) is 82.1 Å². The summed E-state index contributed by atoms with van der Waals surface area (Å²) in [7, 11) is 0. The van der Waals surface area contributed by atoms with Crippen LogP contribution in [0.4, 0.5) is 23.7 Å². The lowest BCUT2D eigenvalue weighted by atomic mass is 10.1. The van der Waals surface area contributed by atoms with Gasteiger partial charge in [0.1, 0.15) is 0 Å². The van der Waals surface area contributed by atoms with E-state index >= 15 is 0 Å². The van der Waals surface area contributed by atoms with Crippen LogP contribution in [0.2, 0.25) is 0 Å². The first kappa shape index (κ1) is 22.6. The van der Waals surface area contributed by atoms with Gasteiger partial charge in [0.25, 0.3) is 5.91 Å². The van der Waals surface area contributed by atoms with E-state index in [1.165, 1.54) is 33.5 Å². The van der Waals surface area contributed by atoms with Gasteiger partial charge in [-0.1, -0.05) is 18.2 Å². The fourth-order valence-corrected chi connectivity index (χ4v) is 3.27. The minimum Gasteiger partial charge on any atom is -0.378 e. The van der Waals surface area contributed by atoms with Gasteiger partial charge < -0.3 is 9.64 Å². The Bertz CT molecular complexity index is 942. The van der Waals surface area contributed by atoms with Crippen molar-refractivity contribution in [1.82, 2.24) is 10.4 Å². The molecule has 1 heterocycles. The van der Waals surface area contributed by atoms with Gasteiger partial charge >= 0.3 is 12.2 Å². The molecule has 10 heteroatoms. The molecule has 0 radical (unpaired) electrons. The minimum atomic E-state index is -4.55. The summed E-state index contributed by atoms with van der Waals surface area (Å²) in [5.74, 6) is -0.693. The molecule has 0 saturated carbocycles. The normalized spacial score (nSPS) is 14.3. The number of benzene rings is 2. The van der Waals surface area contributed by atoms with E-state index in [4.69, 9.17) is 9.94 Å². The molecule has 7 nitrogen and oxygen atoms in total. The maximum atomic E-state index is 13.3. The Morgan fingerprint density at radius 2 is 1.77 bits per heavy atom. The highest BCUT2D eigenvalue weighted by atomic mass is 19.4. The summed E-state index contributed by atoms with van der Waals surface area (Å²) in [5, 5.41) is 8.73. The molecule has 1 aliphatic rings. The maximum absolute atomic E-state index is 13.3. The second kappa shape index (κ2) is 9.36. The number of nitrogens with one attached hydrogen (secondary N) is 1. The van der Waals surface area contributed by atoms with Crippen molar-refractivity contribution in [3.8, 4) is 0 Å². The van der Waals surface area contributed by atoms with Crippen molar-refractivity contribution < 1.29 is 32.7 Å². The van der Waals surface area contributed by atoms with E-state index in [-0.39, 0.29) is 17.8 Å². The Kier molecular flexibility index (Phi) is 6.81. The number of hydrogen-bond donors (Lipinski definition) is 2. The van der Waals surface area contributed by atoms with Crippen LogP contribution in [0.3, 0.4) is 0 Å². The first-order valence-corrected chi connectivity index (χ1v) is 9.56. The highest BCUT2D eigenvalue weighted by molar-refractivity contribution is 5.94. The molecule has 166 valence electrons. The summed E-state index contributed by atoms with van der Waals surface area (Å²) < 4.78 is 45.2. The molecule has 0 spiro atoms. The number of alkyl halides is 3. The standard InChI is InChI=1S/C21H22F3N3O4/c1-14-2-7-17(21(22,23)24)12-18(14)27(20(29)26-8-10-31-11-9-26)13-15-3-5-16(6-4-15)19(28)25-30/h2-7,12,30H,8-11,13H2,1H3,(H,25,28). The van der Waals surface area contributed by atoms with Crippen LogP contribution in [0.5, 0.6) is 0 Å².